The van der Waals surface area contributed by atoms with Gasteiger partial charge in [0, 0.05) is 23.5 Å². The van der Waals surface area contributed by atoms with Crippen LogP contribution in [-0.2, 0) is 11.4 Å². The molecule has 126 valence electrons. The van der Waals surface area contributed by atoms with Gasteiger partial charge in [-0.1, -0.05) is 12.1 Å². The number of primary amides is 1. The standard InChI is InChI=1S/C18H20N2O3S/c19-17(21)14-5-2-8-20(11-14)18(22)13-4-1-6-15(10-13)23-12-16-7-3-9-24-16/h1,3-4,6-7,9-10,14H,2,5,8,11-12H2,(H2,19,21)/t14-/m1/s1. The van der Waals surface area contributed by atoms with Crippen LogP contribution in [0.4, 0.5) is 0 Å². The van der Waals surface area contributed by atoms with E-state index in [0.717, 1.165) is 17.7 Å². The third-order valence-corrected chi connectivity index (χ3v) is 5.00. The van der Waals surface area contributed by atoms with E-state index in [2.05, 4.69) is 0 Å². The van der Waals surface area contributed by atoms with Crippen LogP contribution in [-0.4, -0.2) is 29.8 Å². The molecule has 3 rings (SSSR count). The van der Waals surface area contributed by atoms with E-state index in [1.54, 1.807) is 28.4 Å². The SMILES string of the molecule is NC(=O)[C@@H]1CCCN(C(=O)c2cccc(OCc3cccs3)c2)C1. The number of hydrogen-bond acceptors (Lipinski definition) is 4. The van der Waals surface area contributed by atoms with Crippen LogP contribution in [0.2, 0.25) is 0 Å². The monoisotopic (exact) mass is 344 g/mol. The molecule has 1 aromatic carbocycles. The summed E-state index contributed by atoms with van der Waals surface area (Å²) in [5.41, 5.74) is 5.96. The lowest BCUT2D eigenvalue weighted by atomic mass is 9.97. The molecule has 0 bridgehead atoms. The maximum atomic E-state index is 12.7. The molecule has 0 radical (unpaired) electrons. The molecule has 5 nitrogen and oxygen atoms in total. The maximum Gasteiger partial charge on any atom is 0.254 e. The molecule has 1 aliphatic heterocycles. The van der Waals surface area contributed by atoms with Gasteiger partial charge in [-0.2, -0.15) is 0 Å². The zero-order chi connectivity index (χ0) is 16.9. The first-order chi connectivity index (χ1) is 11.6. The van der Waals surface area contributed by atoms with Crippen molar-refractivity contribution in [3.8, 4) is 5.75 Å². The first kappa shape index (κ1) is 16.5. The molecule has 24 heavy (non-hydrogen) atoms. The molecule has 0 spiro atoms. The molecule has 1 atom stereocenters. The van der Waals surface area contributed by atoms with Crippen molar-refractivity contribution in [3.63, 3.8) is 0 Å². The van der Waals surface area contributed by atoms with Gasteiger partial charge >= 0.3 is 0 Å². The highest BCUT2D eigenvalue weighted by Gasteiger charge is 2.27. The second kappa shape index (κ2) is 7.49. The van der Waals surface area contributed by atoms with E-state index in [-0.39, 0.29) is 17.7 Å². The number of nitrogens with zero attached hydrogens (tertiary/aromatic N) is 1. The van der Waals surface area contributed by atoms with Crippen LogP contribution in [0.1, 0.15) is 28.1 Å². The van der Waals surface area contributed by atoms with Gasteiger partial charge in [-0.15, -0.1) is 11.3 Å². The summed E-state index contributed by atoms with van der Waals surface area (Å²) in [4.78, 5) is 26.9. The van der Waals surface area contributed by atoms with Crippen LogP contribution in [0, 0.1) is 5.92 Å². The van der Waals surface area contributed by atoms with E-state index in [1.807, 2.05) is 29.6 Å². The van der Waals surface area contributed by atoms with Crippen LogP contribution < -0.4 is 10.5 Å². The molecule has 6 heteroatoms. The number of likely N-dealkylation sites (tertiary alicyclic amines) is 1. The molecule has 1 aliphatic rings. The Morgan fingerprint density at radius 1 is 1.29 bits per heavy atom. The zero-order valence-corrected chi connectivity index (χ0v) is 14.1. The van der Waals surface area contributed by atoms with Crippen molar-refractivity contribution < 1.29 is 14.3 Å². The minimum Gasteiger partial charge on any atom is -0.488 e. The molecule has 2 amide bonds. The molecule has 0 aliphatic carbocycles. The van der Waals surface area contributed by atoms with Crippen LogP contribution >= 0.6 is 11.3 Å². The van der Waals surface area contributed by atoms with Gasteiger partial charge in [0.05, 0.1) is 5.92 Å². The van der Waals surface area contributed by atoms with Crippen LogP contribution in [0.25, 0.3) is 0 Å². The highest BCUT2D eigenvalue weighted by Crippen LogP contribution is 2.21. The molecule has 2 heterocycles. The molecule has 0 unspecified atom stereocenters. The van der Waals surface area contributed by atoms with E-state index in [0.29, 0.717) is 31.0 Å². The average molecular weight is 344 g/mol. The molecule has 1 aromatic heterocycles. The second-order valence-electron chi connectivity index (χ2n) is 5.89. The number of hydrogen-bond donors (Lipinski definition) is 1. The van der Waals surface area contributed by atoms with Crippen LogP contribution in [0.3, 0.4) is 0 Å². The number of piperidine rings is 1. The van der Waals surface area contributed by atoms with Gasteiger partial charge in [-0.25, -0.2) is 0 Å². The summed E-state index contributed by atoms with van der Waals surface area (Å²) >= 11 is 1.63. The Morgan fingerprint density at radius 2 is 2.17 bits per heavy atom. The summed E-state index contributed by atoms with van der Waals surface area (Å²) in [6.45, 7) is 1.54. The van der Waals surface area contributed by atoms with Crippen molar-refractivity contribution in [2.75, 3.05) is 13.1 Å². The summed E-state index contributed by atoms with van der Waals surface area (Å²) < 4.78 is 5.75. The predicted molar refractivity (Wildman–Crippen MR) is 92.9 cm³/mol. The number of thiophene rings is 1. The topological polar surface area (TPSA) is 72.6 Å². The van der Waals surface area contributed by atoms with E-state index in [1.165, 1.54) is 0 Å². The third-order valence-electron chi connectivity index (χ3n) is 4.15. The highest BCUT2D eigenvalue weighted by molar-refractivity contribution is 7.09. The van der Waals surface area contributed by atoms with Crippen LogP contribution in [0.5, 0.6) is 5.75 Å². The number of carbonyl (C=O) groups is 2. The Bertz CT molecular complexity index is 715. The number of nitrogens with two attached hydrogens (primary N) is 1. The highest BCUT2D eigenvalue weighted by atomic mass is 32.1. The Kier molecular flexibility index (Phi) is 5.15. The lowest BCUT2D eigenvalue weighted by Crippen LogP contribution is -2.44. The number of rotatable bonds is 5. The summed E-state index contributed by atoms with van der Waals surface area (Å²) in [5, 5.41) is 2.00. The van der Waals surface area contributed by atoms with Gasteiger partial charge in [-0.3, -0.25) is 9.59 Å². The lowest BCUT2D eigenvalue weighted by Gasteiger charge is -2.31. The minimum atomic E-state index is -0.333. The minimum absolute atomic E-state index is 0.0810. The van der Waals surface area contributed by atoms with Gasteiger partial charge in [0.25, 0.3) is 5.91 Å². The summed E-state index contributed by atoms with van der Waals surface area (Å²) in [5.74, 6) is 0.00160. The predicted octanol–water partition coefficient (Wildman–Crippen LogP) is 2.66. The normalized spacial score (nSPS) is 17.5. The number of carbonyl (C=O) groups excluding carboxylic acids is 2. The molecule has 1 saturated heterocycles. The first-order valence-corrected chi connectivity index (χ1v) is 8.85. The van der Waals surface area contributed by atoms with Crippen molar-refractivity contribution >= 4 is 23.2 Å². The van der Waals surface area contributed by atoms with Crippen molar-refractivity contribution in [1.29, 1.82) is 0 Å². The van der Waals surface area contributed by atoms with Gasteiger partial charge in [0.15, 0.2) is 0 Å². The Hall–Kier alpha value is -2.34. The molecule has 0 saturated carbocycles. The van der Waals surface area contributed by atoms with E-state index >= 15 is 0 Å². The average Bonchev–Trinajstić information content (AvgIpc) is 3.13. The van der Waals surface area contributed by atoms with E-state index in [4.69, 9.17) is 10.5 Å². The third kappa shape index (κ3) is 3.94. The van der Waals surface area contributed by atoms with Gasteiger partial charge in [-0.05, 0) is 42.5 Å². The Balaban J connectivity index is 1.66. The number of benzene rings is 1. The molecule has 2 N–H and O–H groups in total. The largest absolute Gasteiger partial charge is 0.488 e. The molecule has 2 aromatic rings. The maximum absolute atomic E-state index is 12.7. The van der Waals surface area contributed by atoms with Crippen molar-refractivity contribution in [2.45, 2.75) is 19.4 Å². The molecular formula is C18H20N2O3S. The quantitative estimate of drug-likeness (QED) is 0.906. The fourth-order valence-electron chi connectivity index (χ4n) is 2.84. The number of amides is 2. The molecular weight excluding hydrogens is 324 g/mol. The fourth-order valence-corrected chi connectivity index (χ4v) is 3.46. The summed E-state index contributed by atoms with van der Waals surface area (Å²) in [6.07, 6.45) is 1.55. The van der Waals surface area contributed by atoms with E-state index in [9.17, 15) is 9.59 Å². The second-order valence-corrected chi connectivity index (χ2v) is 6.92. The lowest BCUT2D eigenvalue weighted by molar-refractivity contribution is -0.123. The summed E-state index contributed by atoms with van der Waals surface area (Å²) in [7, 11) is 0. The fraction of sp³-hybridized carbons (Fsp3) is 0.333. The summed E-state index contributed by atoms with van der Waals surface area (Å²) in [6, 6.07) is 11.2. The van der Waals surface area contributed by atoms with Crippen molar-refractivity contribution in [1.82, 2.24) is 4.90 Å². The van der Waals surface area contributed by atoms with Gasteiger partial charge < -0.3 is 15.4 Å². The van der Waals surface area contributed by atoms with Crippen molar-refractivity contribution in [3.05, 3.63) is 52.2 Å². The zero-order valence-electron chi connectivity index (χ0n) is 13.3. The van der Waals surface area contributed by atoms with Crippen molar-refractivity contribution in [2.24, 2.45) is 11.7 Å². The number of ether oxygens (including phenoxy) is 1. The smallest absolute Gasteiger partial charge is 0.254 e. The van der Waals surface area contributed by atoms with Crippen LogP contribution in [0.15, 0.2) is 41.8 Å². The molecule has 1 fully saturated rings. The Labute approximate surface area is 145 Å². The van der Waals surface area contributed by atoms with Gasteiger partial charge in [0.2, 0.25) is 5.91 Å². The van der Waals surface area contributed by atoms with E-state index < -0.39 is 0 Å². The first-order valence-electron chi connectivity index (χ1n) is 7.97. The van der Waals surface area contributed by atoms with Gasteiger partial charge in [0.1, 0.15) is 12.4 Å². The Morgan fingerprint density at radius 3 is 2.92 bits per heavy atom.